The first-order valence-corrected chi connectivity index (χ1v) is 4.66. The highest BCUT2D eigenvalue weighted by Crippen LogP contribution is 2.23. The monoisotopic (exact) mass is 171 g/mol. The SMILES string of the molecule is CC1=C(S(=O)[O-])C=CC(C)C1. The molecule has 0 N–H and O–H groups in total. The van der Waals surface area contributed by atoms with Crippen LogP contribution in [0.3, 0.4) is 0 Å². The van der Waals surface area contributed by atoms with Gasteiger partial charge in [-0.3, -0.25) is 4.21 Å². The van der Waals surface area contributed by atoms with Crippen LogP contribution in [-0.2, 0) is 11.1 Å². The van der Waals surface area contributed by atoms with Crippen LogP contribution in [0.15, 0.2) is 22.6 Å². The molecule has 0 radical (unpaired) electrons. The van der Waals surface area contributed by atoms with Gasteiger partial charge in [0.05, 0.1) is 0 Å². The summed E-state index contributed by atoms with van der Waals surface area (Å²) in [5.74, 6) is 0.474. The second-order valence-electron chi connectivity index (χ2n) is 2.92. The van der Waals surface area contributed by atoms with Crippen LogP contribution in [-0.4, -0.2) is 8.76 Å². The van der Waals surface area contributed by atoms with E-state index in [2.05, 4.69) is 6.92 Å². The second-order valence-corrected chi connectivity index (χ2v) is 3.83. The van der Waals surface area contributed by atoms with E-state index in [9.17, 15) is 8.76 Å². The van der Waals surface area contributed by atoms with Gasteiger partial charge in [0.15, 0.2) is 0 Å². The fraction of sp³-hybridized carbons (Fsp3) is 0.500. The minimum atomic E-state index is -2.05. The van der Waals surface area contributed by atoms with E-state index >= 15 is 0 Å². The van der Waals surface area contributed by atoms with Crippen molar-refractivity contribution in [2.45, 2.75) is 20.3 Å². The van der Waals surface area contributed by atoms with E-state index < -0.39 is 11.1 Å². The number of rotatable bonds is 1. The topological polar surface area (TPSA) is 40.1 Å². The minimum Gasteiger partial charge on any atom is -0.768 e. The first-order chi connectivity index (χ1) is 5.11. The van der Waals surface area contributed by atoms with Gasteiger partial charge in [-0.25, -0.2) is 0 Å². The highest BCUT2D eigenvalue weighted by Gasteiger charge is 2.09. The summed E-state index contributed by atoms with van der Waals surface area (Å²) in [6, 6.07) is 0. The number of hydrogen-bond donors (Lipinski definition) is 0. The van der Waals surface area contributed by atoms with Crippen molar-refractivity contribution in [2.24, 2.45) is 5.92 Å². The predicted octanol–water partition coefficient (Wildman–Crippen LogP) is 1.74. The molecular weight excluding hydrogens is 160 g/mol. The molecule has 0 saturated heterocycles. The van der Waals surface area contributed by atoms with Crippen molar-refractivity contribution in [2.75, 3.05) is 0 Å². The van der Waals surface area contributed by atoms with Gasteiger partial charge in [-0.05, 0) is 30.3 Å². The summed E-state index contributed by atoms with van der Waals surface area (Å²) < 4.78 is 21.1. The lowest BCUT2D eigenvalue weighted by molar-refractivity contribution is 0.543. The Kier molecular flexibility index (Phi) is 2.62. The van der Waals surface area contributed by atoms with Crippen molar-refractivity contribution >= 4 is 11.1 Å². The quantitative estimate of drug-likeness (QED) is 0.564. The maximum absolute atomic E-state index is 10.6. The molecule has 62 valence electrons. The largest absolute Gasteiger partial charge is 0.768 e. The zero-order valence-corrected chi connectivity index (χ0v) is 7.48. The molecule has 0 aliphatic heterocycles. The van der Waals surface area contributed by atoms with E-state index in [0.717, 1.165) is 12.0 Å². The molecule has 2 atom stereocenters. The van der Waals surface area contributed by atoms with E-state index in [0.29, 0.717) is 10.8 Å². The Balaban J connectivity index is 2.88. The average Bonchev–Trinajstić information content (AvgIpc) is 1.85. The van der Waals surface area contributed by atoms with Gasteiger partial charge >= 0.3 is 0 Å². The van der Waals surface area contributed by atoms with Gasteiger partial charge in [0.2, 0.25) is 0 Å². The van der Waals surface area contributed by atoms with Crippen LogP contribution in [0.1, 0.15) is 20.3 Å². The van der Waals surface area contributed by atoms with Gasteiger partial charge in [-0.2, -0.15) is 0 Å². The molecular formula is C8H11O2S-. The van der Waals surface area contributed by atoms with E-state index in [4.69, 9.17) is 0 Å². The van der Waals surface area contributed by atoms with Crippen molar-refractivity contribution in [3.63, 3.8) is 0 Å². The second kappa shape index (κ2) is 3.32. The summed E-state index contributed by atoms with van der Waals surface area (Å²) in [4.78, 5) is 0.461. The summed E-state index contributed by atoms with van der Waals surface area (Å²) in [7, 11) is 0. The lowest BCUT2D eigenvalue weighted by atomic mass is 9.97. The van der Waals surface area contributed by atoms with Gasteiger partial charge in [-0.1, -0.05) is 24.6 Å². The Morgan fingerprint density at radius 2 is 2.36 bits per heavy atom. The lowest BCUT2D eigenvalue weighted by Crippen LogP contribution is -2.03. The highest BCUT2D eigenvalue weighted by molar-refractivity contribution is 7.83. The molecule has 0 amide bonds. The van der Waals surface area contributed by atoms with Crippen molar-refractivity contribution in [1.82, 2.24) is 0 Å². The highest BCUT2D eigenvalue weighted by atomic mass is 32.2. The van der Waals surface area contributed by atoms with Gasteiger partial charge in [0, 0.05) is 4.91 Å². The number of allylic oxidation sites excluding steroid dienone is 3. The van der Waals surface area contributed by atoms with Crippen molar-refractivity contribution in [1.29, 1.82) is 0 Å². The Hall–Kier alpha value is -0.410. The van der Waals surface area contributed by atoms with Crippen LogP contribution in [0.5, 0.6) is 0 Å². The van der Waals surface area contributed by atoms with Crippen LogP contribution >= 0.6 is 0 Å². The molecule has 11 heavy (non-hydrogen) atoms. The summed E-state index contributed by atoms with van der Waals surface area (Å²) in [6.07, 6.45) is 4.48. The number of hydrogen-bond acceptors (Lipinski definition) is 2. The Morgan fingerprint density at radius 3 is 2.82 bits per heavy atom. The van der Waals surface area contributed by atoms with E-state index in [-0.39, 0.29) is 0 Å². The lowest BCUT2D eigenvalue weighted by Gasteiger charge is -2.18. The normalized spacial score (nSPS) is 27.4. The van der Waals surface area contributed by atoms with Crippen molar-refractivity contribution in [3.8, 4) is 0 Å². The molecule has 0 aromatic rings. The molecule has 1 aliphatic carbocycles. The summed E-state index contributed by atoms with van der Waals surface area (Å²) in [5, 5.41) is 0. The fourth-order valence-corrected chi connectivity index (χ4v) is 1.80. The third kappa shape index (κ3) is 2.01. The minimum absolute atomic E-state index is 0.461. The van der Waals surface area contributed by atoms with Gasteiger partial charge in [-0.15, -0.1) is 0 Å². The zero-order chi connectivity index (χ0) is 8.43. The van der Waals surface area contributed by atoms with Gasteiger partial charge in [0.25, 0.3) is 0 Å². The molecule has 0 heterocycles. The molecule has 2 unspecified atom stereocenters. The maximum Gasteiger partial charge on any atom is 0.0235 e. The molecule has 0 spiro atoms. The molecule has 3 heteroatoms. The molecule has 0 saturated carbocycles. The summed E-state index contributed by atoms with van der Waals surface area (Å²) in [6.45, 7) is 3.94. The first kappa shape index (κ1) is 8.68. The van der Waals surface area contributed by atoms with Crippen molar-refractivity contribution < 1.29 is 8.76 Å². The molecule has 1 aliphatic rings. The third-order valence-electron chi connectivity index (χ3n) is 1.80. The van der Waals surface area contributed by atoms with E-state index in [1.54, 1.807) is 6.08 Å². The van der Waals surface area contributed by atoms with Crippen LogP contribution in [0, 0.1) is 5.92 Å². The molecule has 0 aromatic heterocycles. The molecule has 2 nitrogen and oxygen atoms in total. The molecule has 0 fully saturated rings. The Labute approximate surface area is 69.3 Å². The van der Waals surface area contributed by atoms with E-state index in [1.807, 2.05) is 13.0 Å². The Morgan fingerprint density at radius 1 is 1.73 bits per heavy atom. The molecule has 0 bridgehead atoms. The first-order valence-electron chi connectivity index (χ1n) is 3.58. The fourth-order valence-electron chi connectivity index (χ4n) is 1.24. The van der Waals surface area contributed by atoms with Crippen LogP contribution in [0.25, 0.3) is 0 Å². The summed E-state index contributed by atoms with van der Waals surface area (Å²) >= 11 is -2.05. The predicted molar refractivity (Wildman–Crippen MR) is 44.5 cm³/mol. The van der Waals surface area contributed by atoms with Crippen LogP contribution in [0.2, 0.25) is 0 Å². The van der Waals surface area contributed by atoms with Gasteiger partial charge < -0.3 is 4.55 Å². The van der Waals surface area contributed by atoms with Crippen LogP contribution < -0.4 is 0 Å². The van der Waals surface area contributed by atoms with Crippen molar-refractivity contribution in [3.05, 3.63) is 22.6 Å². The maximum atomic E-state index is 10.6. The third-order valence-corrected chi connectivity index (χ3v) is 2.65. The van der Waals surface area contributed by atoms with E-state index in [1.165, 1.54) is 0 Å². The standard InChI is InChI=1S/C8H12O2S/c1-6-3-4-8(11(9)10)7(2)5-6/h3-4,6H,5H2,1-2H3,(H,9,10)/p-1. The molecule has 0 aromatic carbocycles. The van der Waals surface area contributed by atoms with Crippen LogP contribution in [0.4, 0.5) is 0 Å². The zero-order valence-electron chi connectivity index (χ0n) is 6.66. The van der Waals surface area contributed by atoms with Gasteiger partial charge in [0.1, 0.15) is 0 Å². The smallest absolute Gasteiger partial charge is 0.0235 e. The summed E-state index contributed by atoms with van der Waals surface area (Å²) in [5.41, 5.74) is 0.966. The molecule has 1 rings (SSSR count). The Bertz CT molecular complexity index is 240. The average molecular weight is 171 g/mol.